The van der Waals surface area contributed by atoms with Gasteiger partial charge in [0.15, 0.2) is 6.61 Å². The normalized spacial score (nSPS) is 10.1. The lowest BCUT2D eigenvalue weighted by Gasteiger charge is -2.13. The number of anilines is 1. The summed E-state index contributed by atoms with van der Waals surface area (Å²) in [6.45, 7) is 7.00. The van der Waals surface area contributed by atoms with Crippen LogP contribution in [-0.4, -0.2) is 23.1 Å². The molecular formula is C21H22FN3O3. The Bertz CT molecular complexity index is 962. The molecule has 0 fully saturated rings. The van der Waals surface area contributed by atoms with Gasteiger partial charge in [0, 0.05) is 18.3 Å². The van der Waals surface area contributed by atoms with E-state index in [0.29, 0.717) is 17.9 Å². The van der Waals surface area contributed by atoms with Crippen molar-refractivity contribution in [3.63, 3.8) is 0 Å². The Morgan fingerprint density at radius 2 is 1.89 bits per heavy atom. The van der Waals surface area contributed by atoms with Crippen LogP contribution in [0.2, 0.25) is 0 Å². The molecule has 0 saturated carbocycles. The largest absolute Gasteiger partial charge is 0.452 e. The summed E-state index contributed by atoms with van der Waals surface area (Å²) in [5, 5.41) is 12.2. The fraction of sp³-hybridized carbons (Fsp3) is 0.286. The van der Waals surface area contributed by atoms with Crippen molar-refractivity contribution in [1.82, 2.24) is 4.57 Å². The van der Waals surface area contributed by atoms with Crippen molar-refractivity contribution in [3.05, 3.63) is 64.1 Å². The predicted molar refractivity (Wildman–Crippen MR) is 103 cm³/mol. The van der Waals surface area contributed by atoms with Crippen molar-refractivity contribution in [2.75, 3.05) is 11.9 Å². The second-order valence-electron chi connectivity index (χ2n) is 6.64. The van der Waals surface area contributed by atoms with Crippen LogP contribution in [0.3, 0.4) is 0 Å². The maximum atomic E-state index is 13.2. The molecule has 2 rings (SSSR count). The molecule has 0 aliphatic heterocycles. The van der Waals surface area contributed by atoms with Gasteiger partial charge in [-0.05, 0) is 51.0 Å². The van der Waals surface area contributed by atoms with Crippen molar-refractivity contribution in [3.8, 4) is 6.07 Å². The van der Waals surface area contributed by atoms with Crippen LogP contribution in [0.1, 0.15) is 36.2 Å². The number of aromatic nitrogens is 1. The number of ether oxygens (including phenoxy) is 1. The second-order valence-corrected chi connectivity index (χ2v) is 6.64. The van der Waals surface area contributed by atoms with E-state index >= 15 is 0 Å². The summed E-state index contributed by atoms with van der Waals surface area (Å²) in [7, 11) is 0. The van der Waals surface area contributed by atoms with E-state index in [-0.39, 0.29) is 5.82 Å². The molecule has 1 aromatic heterocycles. The van der Waals surface area contributed by atoms with Crippen LogP contribution in [0.15, 0.2) is 35.9 Å². The average molecular weight is 383 g/mol. The highest BCUT2D eigenvalue weighted by Gasteiger charge is 2.20. The zero-order chi connectivity index (χ0) is 20.8. The lowest BCUT2D eigenvalue weighted by molar-refractivity contribution is -0.142. The van der Waals surface area contributed by atoms with Crippen molar-refractivity contribution in [1.29, 1.82) is 5.26 Å². The molecule has 0 bridgehead atoms. The number of amides is 1. The topological polar surface area (TPSA) is 84.1 Å². The highest BCUT2D eigenvalue weighted by Crippen LogP contribution is 2.27. The number of nitrogens with one attached hydrogen (secondary N) is 1. The number of rotatable bonds is 6. The molecule has 0 atom stereocenters. The van der Waals surface area contributed by atoms with Gasteiger partial charge in [-0.25, -0.2) is 9.18 Å². The number of nitriles is 1. The molecule has 28 heavy (non-hydrogen) atoms. The minimum absolute atomic E-state index is 0.324. The standard InChI is InChI=1S/C21H22FN3O3/c1-13(2)9-20(27)28-12-19(26)24-21-18(10-23)14(3)15(4)25(21)11-16-5-7-17(22)8-6-16/h5-9H,11-12H2,1-4H3,(H,24,26). The number of carbonyl (C=O) groups excluding carboxylic acids is 2. The lowest BCUT2D eigenvalue weighted by Crippen LogP contribution is -2.22. The van der Waals surface area contributed by atoms with E-state index in [2.05, 4.69) is 11.4 Å². The van der Waals surface area contributed by atoms with Crippen LogP contribution < -0.4 is 5.32 Å². The van der Waals surface area contributed by atoms with E-state index in [1.54, 1.807) is 37.5 Å². The van der Waals surface area contributed by atoms with Gasteiger partial charge in [-0.2, -0.15) is 5.26 Å². The number of hydrogen-bond donors (Lipinski definition) is 1. The molecule has 1 amide bonds. The molecule has 0 radical (unpaired) electrons. The third-order valence-electron chi connectivity index (χ3n) is 4.20. The molecule has 0 spiro atoms. The molecular weight excluding hydrogens is 361 g/mol. The molecule has 1 N–H and O–H groups in total. The molecule has 7 heteroatoms. The van der Waals surface area contributed by atoms with Gasteiger partial charge in [0.1, 0.15) is 17.7 Å². The van der Waals surface area contributed by atoms with Crippen molar-refractivity contribution in [2.24, 2.45) is 0 Å². The number of hydrogen-bond acceptors (Lipinski definition) is 4. The molecule has 0 aliphatic rings. The van der Waals surface area contributed by atoms with Crippen molar-refractivity contribution >= 4 is 17.7 Å². The van der Waals surface area contributed by atoms with Crippen molar-refractivity contribution < 1.29 is 18.7 Å². The number of halogens is 1. The number of nitrogens with zero attached hydrogens (tertiary/aromatic N) is 2. The van der Waals surface area contributed by atoms with Gasteiger partial charge in [0.2, 0.25) is 0 Å². The number of carbonyl (C=O) groups is 2. The Morgan fingerprint density at radius 1 is 1.25 bits per heavy atom. The summed E-state index contributed by atoms with van der Waals surface area (Å²) < 4.78 is 19.8. The molecule has 6 nitrogen and oxygen atoms in total. The van der Waals surface area contributed by atoms with E-state index in [9.17, 15) is 19.2 Å². The van der Waals surface area contributed by atoms with Crippen LogP contribution in [0, 0.1) is 31.0 Å². The summed E-state index contributed by atoms with van der Waals surface area (Å²) in [4.78, 5) is 23.8. The lowest BCUT2D eigenvalue weighted by atomic mass is 10.2. The van der Waals surface area contributed by atoms with Gasteiger partial charge in [0.05, 0.1) is 5.56 Å². The molecule has 0 unspecified atom stereocenters. The maximum absolute atomic E-state index is 13.2. The first-order valence-electron chi connectivity index (χ1n) is 8.68. The third kappa shape index (κ3) is 5.07. The summed E-state index contributed by atoms with van der Waals surface area (Å²) in [6.07, 6.45) is 1.29. The van der Waals surface area contributed by atoms with Gasteiger partial charge in [-0.3, -0.25) is 4.79 Å². The summed E-state index contributed by atoms with van der Waals surface area (Å²) in [6, 6.07) is 8.10. The van der Waals surface area contributed by atoms with E-state index in [4.69, 9.17) is 4.74 Å². The molecule has 0 saturated heterocycles. The minimum atomic E-state index is -0.607. The zero-order valence-corrected chi connectivity index (χ0v) is 16.3. The first kappa shape index (κ1) is 20.9. The van der Waals surface area contributed by atoms with Crippen LogP contribution in [0.5, 0.6) is 0 Å². The Balaban J connectivity index is 2.25. The van der Waals surface area contributed by atoms with Gasteiger partial charge in [0.25, 0.3) is 5.91 Å². The molecule has 1 heterocycles. The minimum Gasteiger partial charge on any atom is -0.452 e. The van der Waals surface area contributed by atoms with E-state index in [0.717, 1.165) is 22.4 Å². The monoisotopic (exact) mass is 383 g/mol. The number of benzene rings is 1. The van der Waals surface area contributed by atoms with Gasteiger partial charge >= 0.3 is 5.97 Å². The Morgan fingerprint density at radius 3 is 2.46 bits per heavy atom. The predicted octanol–water partition coefficient (Wildman–Crippen LogP) is 3.61. The van der Waals surface area contributed by atoms with E-state index < -0.39 is 18.5 Å². The first-order chi connectivity index (χ1) is 13.2. The molecule has 1 aromatic carbocycles. The summed E-state index contributed by atoms with van der Waals surface area (Å²) >= 11 is 0. The highest BCUT2D eigenvalue weighted by molar-refractivity contribution is 5.94. The maximum Gasteiger partial charge on any atom is 0.331 e. The third-order valence-corrected chi connectivity index (χ3v) is 4.20. The fourth-order valence-corrected chi connectivity index (χ4v) is 2.68. The molecule has 146 valence electrons. The Kier molecular flexibility index (Phi) is 6.72. The van der Waals surface area contributed by atoms with Crippen LogP contribution in [0.25, 0.3) is 0 Å². The van der Waals surface area contributed by atoms with E-state index in [1.807, 2.05) is 6.92 Å². The number of allylic oxidation sites excluding steroid dienone is 1. The average Bonchev–Trinajstić information content (AvgIpc) is 2.85. The SMILES string of the molecule is CC(C)=CC(=O)OCC(=O)Nc1c(C#N)c(C)c(C)n1Cc1ccc(F)cc1. The first-order valence-corrected chi connectivity index (χ1v) is 8.68. The summed E-state index contributed by atoms with van der Waals surface area (Å²) in [5.74, 6) is -1.17. The smallest absolute Gasteiger partial charge is 0.331 e. The quantitative estimate of drug-likeness (QED) is 0.610. The van der Waals surface area contributed by atoms with E-state index in [1.165, 1.54) is 18.2 Å². The van der Waals surface area contributed by atoms with Crippen LogP contribution >= 0.6 is 0 Å². The van der Waals surface area contributed by atoms with Crippen LogP contribution in [-0.2, 0) is 20.9 Å². The van der Waals surface area contributed by atoms with Crippen molar-refractivity contribution in [2.45, 2.75) is 34.2 Å². The molecule has 0 aliphatic carbocycles. The second kappa shape index (κ2) is 9.00. The highest BCUT2D eigenvalue weighted by atomic mass is 19.1. The van der Waals surface area contributed by atoms with Gasteiger partial charge in [-0.15, -0.1) is 0 Å². The molecule has 2 aromatic rings. The van der Waals surface area contributed by atoms with Gasteiger partial charge < -0.3 is 14.6 Å². The Labute approximate surface area is 163 Å². The summed E-state index contributed by atoms with van der Waals surface area (Å²) in [5.41, 5.74) is 3.45. The number of esters is 1. The fourth-order valence-electron chi connectivity index (χ4n) is 2.68. The Hall–Kier alpha value is -3.40. The van der Waals surface area contributed by atoms with Crippen LogP contribution in [0.4, 0.5) is 10.2 Å². The zero-order valence-electron chi connectivity index (χ0n) is 16.3. The van der Waals surface area contributed by atoms with Gasteiger partial charge in [-0.1, -0.05) is 17.7 Å².